The van der Waals surface area contributed by atoms with E-state index in [0.717, 1.165) is 17.1 Å². The molecule has 0 N–H and O–H groups in total. The predicted octanol–water partition coefficient (Wildman–Crippen LogP) is 4.23. The van der Waals surface area contributed by atoms with Gasteiger partial charge in [-0.25, -0.2) is 0 Å². The minimum atomic E-state index is -1.75. The first-order chi connectivity index (χ1) is 8.71. The number of ether oxygens (including phenoxy) is 2. The van der Waals surface area contributed by atoms with Crippen molar-refractivity contribution in [2.75, 3.05) is 14.2 Å². The number of benzene rings is 1. The highest BCUT2D eigenvalue weighted by Gasteiger charge is 2.37. The van der Waals surface area contributed by atoms with Crippen molar-refractivity contribution in [3.05, 3.63) is 23.8 Å². The van der Waals surface area contributed by atoms with Gasteiger partial charge in [0.15, 0.2) is 8.32 Å². The van der Waals surface area contributed by atoms with Crippen LogP contribution in [0.4, 0.5) is 0 Å². The smallest absolute Gasteiger partial charge is 0.192 e. The largest absolute Gasteiger partial charge is 0.497 e. The van der Waals surface area contributed by atoms with Crippen LogP contribution in [0.1, 0.15) is 26.3 Å². The molecule has 0 spiro atoms. The molecule has 0 unspecified atom stereocenters. The molecule has 1 rings (SSSR count). The third-order valence-corrected chi connectivity index (χ3v) is 8.36. The Kier molecular flexibility index (Phi) is 5.04. The van der Waals surface area contributed by atoms with E-state index in [0.29, 0.717) is 6.61 Å². The van der Waals surface area contributed by atoms with Gasteiger partial charge < -0.3 is 13.9 Å². The molecule has 0 bridgehead atoms. The SMILES string of the molecule is COc1ccc(OC)c(CO[Si](C)(C)C(C)(C)C)c1. The molecule has 0 heterocycles. The Morgan fingerprint density at radius 3 is 2.16 bits per heavy atom. The lowest BCUT2D eigenvalue weighted by Gasteiger charge is -2.36. The van der Waals surface area contributed by atoms with Crippen LogP contribution in [0.25, 0.3) is 0 Å². The van der Waals surface area contributed by atoms with Gasteiger partial charge in [-0.3, -0.25) is 0 Å². The third-order valence-electron chi connectivity index (χ3n) is 3.88. The highest BCUT2D eigenvalue weighted by Crippen LogP contribution is 2.37. The fourth-order valence-electron chi connectivity index (χ4n) is 1.47. The molecular formula is C15H26O3Si. The molecule has 0 radical (unpaired) electrons. The van der Waals surface area contributed by atoms with Gasteiger partial charge in [0, 0.05) is 5.56 Å². The minimum absolute atomic E-state index is 0.207. The topological polar surface area (TPSA) is 27.7 Å². The molecule has 0 saturated carbocycles. The first-order valence-electron chi connectivity index (χ1n) is 6.56. The van der Waals surface area contributed by atoms with Crippen LogP contribution < -0.4 is 9.47 Å². The van der Waals surface area contributed by atoms with Crippen molar-refractivity contribution in [1.82, 2.24) is 0 Å². The van der Waals surface area contributed by atoms with Crippen LogP contribution in [-0.4, -0.2) is 22.5 Å². The van der Waals surface area contributed by atoms with E-state index >= 15 is 0 Å². The molecule has 3 nitrogen and oxygen atoms in total. The first-order valence-corrected chi connectivity index (χ1v) is 9.47. The van der Waals surface area contributed by atoms with E-state index in [1.54, 1.807) is 14.2 Å². The van der Waals surface area contributed by atoms with E-state index in [4.69, 9.17) is 13.9 Å². The Bertz CT molecular complexity index is 422. The van der Waals surface area contributed by atoms with E-state index in [9.17, 15) is 0 Å². The second-order valence-corrected chi connectivity index (χ2v) is 11.0. The van der Waals surface area contributed by atoms with Gasteiger partial charge >= 0.3 is 0 Å². The van der Waals surface area contributed by atoms with E-state index in [2.05, 4.69) is 33.9 Å². The number of hydrogen-bond donors (Lipinski definition) is 0. The Labute approximate surface area is 118 Å². The quantitative estimate of drug-likeness (QED) is 0.757. The maximum absolute atomic E-state index is 6.23. The summed E-state index contributed by atoms with van der Waals surface area (Å²) in [7, 11) is 1.60. The minimum Gasteiger partial charge on any atom is -0.497 e. The molecule has 0 aliphatic carbocycles. The van der Waals surface area contributed by atoms with E-state index < -0.39 is 8.32 Å². The third kappa shape index (κ3) is 3.98. The second-order valence-electron chi connectivity index (χ2n) is 6.23. The average Bonchev–Trinajstić information content (AvgIpc) is 2.34. The van der Waals surface area contributed by atoms with E-state index in [-0.39, 0.29) is 5.04 Å². The molecule has 1 aromatic rings. The first kappa shape index (κ1) is 16.1. The lowest BCUT2D eigenvalue weighted by molar-refractivity contribution is 0.268. The standard InChI is InChI=1S/C15H26O3Si/c1-15(2,3)19(6,7)18-11-12-10-13(16-4)8-9-14(12)17-5/h8-10H,11H2,1-7H3. The van der Waals surface area contributed by atoms with Gasteiger partial charge in [-0.15, -0.1) is 0 Å². The lowest BCUT2D eigenvalue weighted by atomic mass is 10.2. The molecule has 0 amide bonds. The van der Waals surface area contributed by atoms with Crippen LogP contribution in [0.2, 0.25) is 18.1 Å². The molecule has 1 aromatic carbocycles. The molecule has 0 fully saturated rings. The van der Waals surface area contributed by atoms with E-state index in [1.807, 2.05) is 18.2 Å². The Morgan fingerprint density at radius 1 is 1.05 bits per heavy atom. The van der Waals surface area contributed by atoms with Crippen LogP contribution in [-0.2, 0) is 11.0 Å². The van der Waals surface area contributed by atoms with Gasteiger partial charge in [0.05, 0.1) is 20.8 Å². The zero-order valence-electron chi connectivity index (χ0n) is 13.2. The fourth-order valence-corrected chi connectivity index (χ4v) is 2.42. The summed E-state index contributed by atoms with van der Waals surface area (Å²) in [5, 5.41) is 0.207. The normalized spacial score (nSPS) is 12.4. The van der Waals surface area contributed by atoms with Gasteiger partial charge in [-0.2, -0.15) is 0 Å². The Balaban J connectivity index is 2.87. The van der Waals surface area contributed by atoms with Crippen molar-refractivity contribution in [3.63, 3.8) is 0 Å². The van der Waals surface area contributed by atoms with Crippen molar-refractivity contribution < 1.29 is 13.9 Å². The summed E-state index contributed by atoms with van der Waals surface area (Å²) in [6, 6.07) is 5.80. The maximum Gasteiger partial charge on any atom is 0.192 e. The van der Waals surface area contributed by atoms with Gasteiger partial charge in [-0.1, -0.05) is 20.8 Å². The Morgan fingerprint density at radius 2 is 1.68 bits per heavy atom. The summed E-state index contributed by atoms with van der Waals surface area (Å²) in [5.74, 6) is 1.68. The lowest BCUT2D eigenvalue weighted by Crippen LogP contribution is -2.40. The van der Waals surface area contributed by atoms with E-state index in [1.165, 1.54) is 0 Å². The summed E-state index contributed by atoms with van der Waals surface area (Å²) in [4.78, 5) is 0. The molecule has 0 saturated heterocycles. The second kappa shape index (κ2) is 5.97. The highest BCUT2D eigenvalue weighted by molar-refractivity contribution is 6.74. The number of rotatable bonds is 5. The van der Waals surface area contributed by atoms with Gasteiger partial charge in [0.1, 0.15) is 11.5 Å². The van der Waals surface area contributed by atoms with Crippen molar-refractivity contribution in [3.8, 4) is 11.5 Å². The summed E-state index contributed by atoms with van der Waals surface area (Å²) < 4.78 is 16.9. The molecule has 19 heavy (non-hydrogen) atoms. The molecule has 0 aromatic heterocycles. The highest BCUT2D eigenvalue weighted by atomic mass is 28.4. The van der Waals surface area contributed by atoms with Gasteiger partial charge in [-0.05, 0) is 36.3 Å². The number of hydrogen-bond acceptors (Lipinski definition) is 3. The zero-order valence-corrected chi connectivity index (χ0v) is 14.2. The predicted molar refractivity (Wildman–Crippen MR) is 81.5 cm³/mol. The van der Waals surface area contributed by atoms with Crippen LogP contribution in [0, 0.1) is 0 Å². The summed E-state index contributed by atoms with van der Waals surface area (Å²) in [6.45, 7) is 11.8. The van der Waals surface area contributed by atoms with Crippen LogP contribution in [0.15, 0.2) is 18.2 Å². The van der Waals surface area contributed by atoms with Crippen molar-refractivity contribution in [2.45, 2.75) is 45.5 Å². The van der Waals surface area contributed by atoms with Gasteiger partial charge in [0.2, 0.25) is 0 Å². The Hall–Kier alpha value is -1.00. The summed E-state index contributed by atoms with van der Waals surface area (Å²) in [6.07, 6.45) is 0. The molecule has 0 aliphatic rings. The monoisotopic (exact) mass is 282 g/mol. The van der Waals surface area contributed by atoms with Crippen LogP contribution >= 0.6 is 0 Å². The van der Waals surface area contributed by atoms with Crippen molar-refractivity contribution in [2.24, 2.45) is 0 Å². The van der Waals surface area contributed by atoms with Crippen molar-refractivity contribution in [1.29, 1.82) is 0 Å². The molecular weight excluding hydrogens is 256 g/mol. The maximum atomic E-state index is 6.23. The summed E-state index contributed by atoms with van der Waals surface area (Å²) in [5.41, 5.74) is 1.03. The molecule has 108 valence electrons. The molecule has 0 aliphatic heterocycles. The fraction of sp³-hybridized carbons (Fsp3) is 0.600. The van der Waals surface area contributed by atoms with Crippen LogP contribution in [0.5, 0.6) is 11.5 Å². The summed E-state index contributed by atoms with van der Waals surface area (Å²) >= 11 is 0. The molecule has 4 heteroatoms. The number of methoxy groups -OCH3 is 2. The van der Waals surface area contributed by atoms with Gasteiger partial charge in [0.25, 0.3) is 0 Å². The average molecular weight is 282 g/mol. The van der Waals surface area contributed by atoms with Crippen LogP contribution in [0.3, 0.4) is 0 Å². The van der Waals surface area contributed by atoms with Crippen molar-refractivity contribution >= 4 is 8.32 Å². The zero-order chi connectivity index (χ0) is 14.7. The molecule has 0 atom stereocenters.